The van der Waals surface area contributed by atoms with Crippen LogP contribution >= 0.6 is 0 Å². The lowest BCUT2D eigenvalue weighted by molar-refractivity contribution is -0.150. The highest BCUT2D eigenvalue weighted by molar-refractivity contribution is 5.75. The fourth-order valence-electron chi connectivity index (χ4n) is 1.71. The average molecular weight is 236 g/mol. The van der Waals surface area contributed by atoms with E-state index in [-0.39, 0.29) is 12.5 Å². The summed E-state index contributed by atoms with van der Waals surface area (Å²) in [6, 6.07) is 7.43. The van der Waals surface area contributed by atoms with Gasteiger partial charge in [0.2, 0.25) is 0 Å². The van der Waals surface area contributed by atoms with Gasteiger partial charge in [0.25, 0.3) is 0 Å². The fourth-order valence-corrected chi connectivity index (χ4v) is 1.71. The zero-order chi connectivity index (χ0) is 13.1. The molecule has 0 bridgehead atoms. The minimum absolute atomic E-state index is 0.0145. The molecular formula is C14H20O3. The standard InChI is InChI=1S/C14H20O3/c1-10(2)14(3,13(16)17)8-11-4-6-12(9-15)7-5-11/h4-7,10,15H,8-9H2,1-3H3,(H,16,17). The van der Waals surface area contributed by atoms with Crippen molar-refractivity contribution in [2.75, 3.05) is 0 Å². The van der Waals surface area contributed by atoms with Crippen LogP contribution in [0.1, 0.15) is 31.9 Å². The van der Waals surface area contributed by atoms with Gasteiger partial charge in [0.05, 0.1) is 12.0 Å². The van der Waals surface area contributed by atoms with Gasteiger partial charge in [-0.2, -0.15) is 0 Å². The molecule has 0 radical (unpaired) electrons. The van der Waals surface area contributed by atoms with Crippen LogP contribution in [0.15, 0.2) is 24.3 Å². The molecule has 1 aromatic carbocycles. The van der Waals surface area contributed by atoms with Crippen LogP contribution in [0.3, 0.4) is 0 Å². The Balaban J connectivity index is 2.90. The highest BCUT2D eigenvalue weighted by atomic mass is 16.4. The molecule has 2 N–H and O–H groups in total. The van der Waals surface area contributed by atoms with Crippen molar-refractivity contribution in [2.45, 2.75) is 33.8 Å². The molecule has 1 unspecified atom stereocenters. The second-order valence-corrected chi connectivity index (χ2v) is 5.03. The van der Waals surface area contributed by atoms with Crippen LogP contribution in [0, 0.1) is 11.3 Å². The lowest BCUT2D eigenvalue weighted by atomic mass is 9.74. The molecule has 3 heteroatoms. The second kappa shape index (κ2) is 5.32. The normalized spacial score (nSPS) is 14.6. The van der Waals surface area contributed by atoms with Gasteiger partial charge in [0, 0.05) is 0 Å². The Kier molecular flexibility index (Phi) is 4.29. The van der Waals surface area contributed by atoms with Gasteiger partial charge in [0.15, 0.2) is 0 Å². The van der Waals surface area contributed by atoms with Gasteiger partial charge in [-0.05, 0) is 30.4 Å². The maximum absolute atomic E-state index is 11.4. The molecule has 1 aromatic rings. The van der Waals surface area contributed by atoms with Crippen molar-refractivity contribution < 1.29 is 15.0 Å². The molecule has 0 saturated carbocycles. The van der Waals surface area contributed by atoms with Crippen molar-refractivity contribution in [1.82, 2.24) is 0 Å². The van der Waals surface area contributed by atoms with E-state index in [1.165, 1.54) is 0 Å². The van der Waals surface area contributed by atoms with Crippen molar-refractivity contribution >= 4 is 5.97 Å². The predicted octanol–water partition coefficient (Wildman–Crippen LogP) is 2.47. The number of hydrogen-bond acceptors (Lipinski definition) is 2. The fraction of sp³-hybridized carbons (Fsp3) is 0.500. The van der Waals surface area contributed by atoms with Gasteiger partial charge >= 0.3 is 5.97 Å². The highest BCUT2D eigenvalue weighted by Gasteiger charge is 2.36. The molecule has 0 aliphatic carbocycles. The molecule has 3 nitrogen and oxygen atoms in total. The summed E-state index contributed by atoms with van der Waals surface area (Å²) in [6.45, 7) is 5.65. The summed E-state index contributed by atoms with van der Waals surface area (Å²) in [7, 11) is 0. The third-order valence-electron chi connectivity index (χ3n) is 3.54. The number of hydrogen-bond donors (Lipinski definition) is 2. The summed E-state index contributed by atoms with van der Waals surface area (Å²) in [5, 5.41) is 18.3. The number of carboxylic acid groups (broad SMARTS) is 1. The summed E-state index contributed by atoms with van der Waals surface area (Å²) in [5.41, 5.74) is 1.08. The summed E-state index contributed by atoms with van der Waals surface area (Å²) < 4.78 is 0. The Morgan fingerprint density at radius 1 is 1.24 bits per heavy atom. The van der Waals surface area contributed by atoms with Crippen LogP contribution in [0.25, 0.3) is 0 Å². The number of aliphatic hydroxyl groups excluding tert-OH is 1. The monoisotopic (exact) mass is 236 g/mol. The number of benzene rings is 1. The molecular weight excluding hydrogens is 216 g/mol. The summed E-state index contributed by atoms with van der Waals surface area (Å²) in [6.07, 6.45) is 0.506. The first-order valence-corrected chi connectivity index (χ1v) is 5.82. The molecule has 1 atom stereocenters. The predicted molar refractivity (Wildman–Crippen MR) is 66.6 cm³/mol. The van der Waals surface area contributed by atoms with Crippen molar-refractivity contribution in [3.8, 4) is 0 Å². The Labute approximate surface area is 102 Å². The van der Waals surface area contributed by atoms with Crippen LogP contribution in [-0.4, -0.2) is 16.2 Å². The maximum Gasteiger partial charge on any atom is 0.309 e. The van der Waals surface area contributed by atoms with Crippen molar-refractivity contribution in [3.63, 3.8) is 0 Å². The lowest BCUT2D eigenvalue weighted by Gasteiger charge is -2.29. The number of carbonyl (C=O) groups is 1. The maximum atomic E-state index is 11.4. The van der Waals surface area contributed by atoms with Gasteiger partial charge in [0.1, 0.15) is 0 Å². The number of carboxylic acids is 1. The Bertz CT molecular complexity index is 381. The summed E-state index contributed by atoms with van der Waals surface area (Å²) in [4.78, 5) is 11.4. The van der Waals surface area contributed by atoms with Crippen molar-refractivity contribution in [1.29, 1.82) is 0 Å². The quantitative estimate of drug-likeness (QED) is 0.825. The number of aliphatic hydroxyl groups is 1. The average Bonchev–Trinajstić information content (AvgIpc) is 2.29. The molecule has 0 heterocycles. The van der Waals surface area contributed by atoms with E-state index >= 15 is 0 Å². The Hall–Kier alpha value is -1.35. The Morgan fingerprint density at radius 2 is 1.71 bits per heavy atom. The van der Waals surface area contributed by atoms with Gasteiger partial charge in [-0.1, -0.05) is 38.1 Å². The molecule has 0 aliphatic rings. The highest BCUT2D eigenvalue weighted by Crippen LogP contribution is 2.31. The van der Waals surface area contributed by atoms with E-state index in [0.29, 0.717) is 6.42 Å². The van der Waals surface area contributed by atoms with Crippen LogP contribution < -0.4 is 0 Å². The van der Waals surface area contributed by atoms with Gasteiger partial charge in [-0.3, -0.25) is 4.79 Å². The molecule has 0 fully saturated rings. The zero-order valence-corrected chi connectivity index (χ0v) is 10.6. The molecule has 17 heavy (non-hydrogen) atoms. The first-order chi connectivity index (χ1) is 7.90. The van der Waals surface area contributed by atoms with E-state index in [1.54, 1.807) is 6.92 Å². The van der Waals surface area contributed by atoms with Crippen LogP contribution in [0.5, 0.6) is 0 Å². The smallest absolute Gasteiger partial charge is 0.309 e. The molecule has 0 saturated heterocycles. The topological polar surface area (TPSA) is 57.5 Å². The number of aliphatic carboxylic acids is 1. The first-order valence-electron chi connectivity index (χ1n) is 5.82. The van der Waals surface area contributed by atoms with Crippen molar-refractivity contribution in [3.05, 3.63) is 35.4 Å². The number of rotatable bonds is 5. The molecule has 0 amide bonds. The SMILES string of the molecule is CC(C)C(C)(Cc1ccc(CO)cc1)C(=O)O. The van der Waals surface area contributed by atoms with E-state index < -0.39 is 11.4 Å². The lowest BCUT2D eigenvalue weighted by Crippen LogP contribution is -2.35. The summed E-state index contributed by atoms with van der Waals surface area (Å²) in [5.74, 6) is -0.698. The van der Waals surface area contributed by atoms with E-state index in [2.05, 4.69) is 0 Å². The third-order valence-corrected chi connectivity index (χ3v) is 3.54. The van der Waals surface area contributed by atoms with Gasteiger partial charge in [-0.15, -0.1) is 0 Å². The van der Waals surface area contributed by atoms with Gasteiger partial charge in [-0.25, -0.2) is 0 Å². The first kappa shape index (κ1) is 13.7. The molecule has 0 spiro atoms. The van der Waals surface area contributed by atoms with Crippen LogP contribution in [0.4, 0.5) is 0 Å². The van der Waals surface area contributed by atoms with Crippen LogP contribution in [-0.2, 0) is 17.8 Å². The molecule has 0 aliphatic heterocycles. The largest absolute Gasteiger partial charge is 0.481 e. The molecule has 0 aromatic heterocycles. The zero-order valence-electron chi connectivity index (χ0n) is 10.6. The molecule has 1 rings (SSSR count). The third kappa shape index (κ3) is 3.07. The minimum atomic E-state index is -0.765. The van der Waals surface area contributed by atoms with E-state index in [9.17, 15) is 9.90 Å². The van der Waals surface area contributed by atoms with E-state index in [0.717, 1.165) is 11.1 Å². The van der Waals surface area contributed by atoms with Crippen molar-refractivity contribution in [2.24, 2.45) is 11.3 Å². The molecule has 94 valence electrons. The summed E-state index contributed by atoms with van der Waals surface area (Å²) >= 11 is 0. The Morgan fingerprint density at radius 3 is 2.06 bits per heavy atom. The van der Waals surface area contributed by atoms with Gasteiger partial charge < -0.3 is 10.2 Å². The second-order valence-electron chi connectivity index (χ2n) is 5.03. The van der Waals surface area contributed by atoms with Crippen LogP contribution in [0.2, 0.25) is 0 Å². The van der Waals surface area contributed by atoms with E-state index in [4.69, 9.17) is 5.11 Å². The minimum Gasteiger partial charge on any atom is -0.481 e. The van der Waals surface area contributed by atoms with E-state index in [1.807, 2.05) is 38.1 Å².